The summed E-state index contributed by atoms with van der Waals surface area (Å²) in [6.45, 7) is 1.14. The van der Waals surface area contributed by atoms with Gasteiger partial charge in [0.25, 0.3) is 5.91 Å². The summed E-state index contributed by atoms with van der Waals surface area (Å²) in [5, 5.41) is 2.57. The van der Waals surface area contributed by atoms with Crippen LogP contribution in [0.2, 0.25) is 0 Å². The monoisotopic (exact) mass is 226 g/mol. The normalized spacial score (nSPS) is 20.4. The molecule has 86 valence electrons. The molecule has 1 fully saturated rings. The number of anilines is 1. The van der Waals surface area contributed by atoms with E-state index in [0.717, 1.165) is 0 Å². The zero-order chi connectivity index (χ0) is 11.4. The Morgan fingerprint density at radius 3 is 3.00 bits per heavy atom. The maximum atomic E-state index is 12.5. The third kappa shape index (κ3) is 2.74. The number of carbonyl (C=O) groups is 1. The van der Waals surface area contributed by atoms with Crippen molar-refractivity contribution < 1.29 is 18.7 Å². The van der Waals surface area contributed by atoms with Crippen LogP contribution in [0.1, 0.15) is 0 Å². The van der Waals surface area contributed by atoms with E-state index in [1.54, 1.807) is 0 Å². The zero-order valence-corrected chi connectivity index (χ0v) is 8.48. The van der Waals surface area contributed by atoms with Gasteiger partial charge in [0.1, 0.15) is 0 Å². The minimum absolute atomic E-state index is 0.237. The Morgan fingerprint density at radius 1 is 1.50 bits per heavy atom. The fourth-order valence-corrected chi connectivity index (χ4v) is 1.31. The first-order chi connectivity index (χ1) is 7.75. The summed E-state index contributed by atoms with van der Waals surface area (Å²) >= 11 is 0. The van der Waals surface area contributed by atoms with Crippen LogP contribution < -0.4 is 5.32 Å². The third-order valence-electron chi connectivity index (χ3n) is 2.10. The van der Waals surface area contributed by atoms with Crippen molar-refractivity contribution in [1.29, 1.82) is 0 Å². The molecule has 1 aliphatic heterocycles. The number of carbonyl (C=O) groups excluding carboxylic acids is 1. The molecule has 1 aliphatic rings. The van der Waals surface area contributed by atoms with Gasteiger partial charge in [-0.3, -0.25) is 4.79 Å². The van der Waals surface area contributed by atoms with Crippen molar-refractivity contribution in [2.75, 3.05) is 25.1 Å². The molecule has 0 aromatic carbocycles. The first kappa shape index (κ1) is 11.0. The summed E-state index contributed by atoms with van der Waals surface area (Å²) in [5.41, 5.74) is 0.431. The molecule has 2 heterocycles. The molecule has 1 saturated heterocycles. The second kappa shape index (κ2) is 5.00. The number of hydrogen-bond acceptors (Lipinski definition) is 4. The lowest BCUT2D eigenvalue weighted by atomic mass is 10.3. The van der Waals surface area contributed by atoms with Crippen LogP contribution in [0.25, 0.3) is 0 Å². The van der Waals surface area contributed by atoms with E-state index in [1.807, 2.05) is 0 Å². The second-order valence-corrected chi connectivity index (χ2v) is 3.29. The largest absolute Gasteiger partial charge is 0.376 e. The van der Waals surface area contributed by atoms with E-state index in [4.69, 9.17) is 9.47 Å². The summed E-state index contributed by atoms with van der Waals surface area (Å²) in [6, 6.07) is 2.61. The summed E-state index contributed by atoms with van der Waals surface area (Å²) in [4.78, 5) is 15.0. The Bertz CT molecular complexity index is 363. The van der Waals surface area contributed by atoms with Crippen molar-refractivity contribution in [3.63, 3.8) is 0 Å². The molecule has 0 bridgehead atoms. The highest BCUT2D eigenvalue weighted by molar-refractivity contribution is 5.94. The van der Waals surface area contributed by atoms with E-state index in [0.29, 0.717) is 18.9 Å². The molecular formula is C10H11FN2O3. The van der Waals surface area contributed by atoms with Crippen LogP contribution in [-0.4, -0.2) is 36.8 Å². The SMILES string of the molecule is O=C(Nc1ccc(F)nc1)C1COCCO1. The van der Waals surface area contributed by atoms with Crippen LogP contribution in [0.4, 0.5) is 10.1 Å². The van der Waals surface area contributed by atoms with Crippen LogP contribution in [0.3, 0.4) is 0 Å². The van der Waals surface area contributed by atoms with Gasteiger partial charge >= 0.3 is 0 Å². The molecule has 16 heavy (non-hydrogen) atoms. The quantitative estimate of drug-likeness (QED) is 0.749. The maximum absolute atomic E-state index is 12.5. The molecule has 6 heteroatoms. The van der Waals surface area contributed by atoms with Gasteiger partial charge in [-0.2, -0.15) is 4.39 Å². The zero-order valence-electron chi connectivity index (χ0n) is 8.48. The van der Waals surface area contributed by atoms with Gasteiger partial charge in [0.15, 0.2) is 6.10 Å². The van der Waals surface area contributed by atoms with E-state index in [-0.39, 0.29) is 12.5 Å². The number of amides is 1. The fraction of sp³-hybridized carbons (Fsp3) is 0.400. The molecule has 1 N–H and O–H groups in total. The molecule has 0 aliphatic carbocycles. The molecule has 1 aromatic heterocycles. The topological polar surface area (TPSA) is 60.5 Å². The summed E-state index contributed by atoms with van der Waals surface area (Å²) in [6.07, 6.45) is 0.635. The highest BCUT2D eigenvalue weighted by Crippen LogP contribution is 2.08. The van der Waals surface area contributed by atoms with E-state index < -0.39 is 12.1 Å². The second-order valence-electron chi connectivity index (χ2n) is 3.29. The highest BCUT2D eigenvalue weighted by atomic mass is 19.1. The molecule has 1 atom stereocenters. The first-order valence-corrected chi connectivity index (χ1v) is 4.87. The number of halogens is 1. The van der Waals surface area contributed by atoms with Gasteiger partial charge in [-0.05, 0) is 12.1 Å². The van der Waals surface area contributed by atoms with Gasteiger partial charge in [0.05, 0.1) is 31.7 Å². The molecular weight excluding hydrogens is 215 g/mol. The number of aromatic nitrogens is 1. The number of nitrogens with one attached hydrogen (secondary N) is 1. The predicted molar refractivity (Wildman–Crippen MR) is 53.4 cm³/mol. The van der Waals surface area contributed by atoms with E-state index in [9.17, 15) is 9.18 Å². The molecule has 1 aromatic rings. The standard InChI is InChI=1S/C10H11FN2O3/c11-9-2-1-7(5-12-9)13-10(14)8-6-15-3-4-16-8/h1-2,5,8H,3-4,6H2,(H,13,14). The molecule has 1 amide bonds. The number of ether oxygens (including phenoxy) is 2. The lowest BCUT2D eigenvalue weighted by molar-refractivity contribution is -0.142. The van der Waals surface area contributed by atoms with Crippen molar-refractivity contribution in [2.24, 2.45) is 0 Å². The minimum Gasteiger partial charge on any atom is -0.376 e. The highest BCUT2D eigenvalue weighted by Gasteiger charge is 2.22. The van der Waals surface area contributed by atoms with Gasteiger partial charge in [-0.15, -0.1) is 0 Å². The Hall–Kier alpha value is -1.53. The summed E-state index contributed by atoms with van der Waals surface area (Å²) in [5.74, 6) is -0.900. The van der Waals surface area contributed by atoms with E-state index in [2.05, 4.69) is 10.3 Å². The van der Waals surface area contributed by atoms with Crippen molar-refractivity contribution in [2.45, 2.75) is 6.10 Å². The predicted octanol–water partition coefficient (Wildman–Crippen LogP) is 0.575. The number of rotatable bonds is 2. The third-order valence-corrected chi connectivity index (χ3v) is 2.10. The molecule has 1 unspecified atom stereocenters. The Labute approximate surface area is 91.6 Å². The molecule has 0 spiro atoms. The average Bonchev–Trinajstić information content (AvgIpc) is 2.33. The van der Waals surface area contributed by atoms with Gasteiger partial charge in [-0.25, -0.2) is 4.98 Å². The summed E-state index contributed by atoms with van der Waals surface area (Å²) < 4.78 is 22.8. The van der Waals surface area contributed by atoms with Crippen molar-refractivity contribution >= 4 is 11.6 Å². The van der Waals surface area contributed by atoms with Gasteiger partial charge in [0, 0.05) is 0 Å². The molecule has 2 rings (SSSR count). The van der Waals surface area contributed by atoms with Crippen LogP contribution in [0.15, 0.2) is 18.3 Å². The summed E-state index contributed by atoms with van der Waals surface area (Å²) in [7, 11) is 0. The van der Waals surface area contributed by atoms with E-state index in [1.165, 1.54) is 18.3 Å². The van der Waals surface area contributed by atoms with Crippen molar-refractivity contribution in [1.82, 2.24) is 4.98 Å². The molecule has 0 saturated carbocycles. The maximum Gasteiger partial charge on any atom is 0.255 e. The minimum atomic E-state index is -0.612. The van der Waals surface area contributed by atoms with Gasteiger partial charge in [0.2, 0.25) is 5.95 Å². The van der Waals surface area contributed by atoms with Crippen LogP contribution in [0.5, 0.6) is 0 Å². The van der Waals surface area contributed by atoms with E-state index >= 15 is 0 Å². The Kier molecular flexibility index (Phi) is 3.43. The smallest absolute Gasteiger partial charge is 0.255 e. The number of hydrogen-bond donors (Lipinski definition) is 1. The van der Waals surface area contributed by atoms with Gasteiger partial charge in [-0.1, -0.05) is 0 Å². The van der Waals surface area contributed by atoms with Gasteiger partial charge < -0.3 is 14.8 Å². The lowest BCUT2D eigenvalue weighted by Gasteiger charge is -2.21. The van der Waals surface area contributed by atoms with Crippen LogP contribution in [-0.2, 0) is 14.3 Å². The van der Waals surface area contributed by atoms with Crippen molar-refractivity contribution in [3.8, 4) is 0 Å². The van der Waals surface area contributed by atoms with Crippen LogP contribution in [0, 0.1) is 5.95 Å². The molecule has 0 radical (unpaired) electrons. The fourth-order valence-electron chi connectivity index (χ4n) is 1.31. The Balaban J connectivity index is 1.93. The van der Waals surface area contributed by atoms with Crippen molar-refractivity contribution in [3.05, 3.63) is 24.3 Å². The van der Waals surface area contributed by atoms with Crippen LogP contribution >= 0.6 is 0 Å². The number of nitrogens with zero attached hydrogens (tertiary/aromatic N) is 1. The molecule has 5 nitrogen and oxygen atoms in total. The Morgan fingerprint density at radius 2 is 2.38 bits per heavy atom. The average molecular weight is 226 g/mol. The number of pyridine rings is 1. The first-order valence-electron chi connectivity index (χ1n) is 4.87. The lowest BCUT2D eigenvalue weighted by Crippen LogP contribution is -2.39.